The summed E-state index contributed by atoms with van der Waals surface area (Å²) in [5, 5.41) is 14.4. The highest BCUT2D eigenvalue weighted by Gasteiger charge is 2.30. The molecule has 9 heteroatoms. The number of rotatable bonds is 5. The summed E-state index contributed by atoms with van der Waals surface area (Å²) in [4.78, 5) is 13.1. The molecule has 0 saturated heterocycles. The van der Waals surface area contributed by atoms with Crippen molar-refractivity contribution in [2.24, 2.45) is 5.92 Å². The number of amides is 1. The van der Waals surface area contributed by atoms with Gasteiger partial charge in [-0.15, -0.1) is 10.2 Å². The molecule has 1 N–H and O–H groups in total. The van der Waals surface area contributed by atoms with Gasteiger partial charge in [-0.25, -0.2) is 0 Å². The first-order valence-electron chi connectivity index (χ1n) is 8.64. The lowest BCUT2D eigenvalue weighted by molar-refractivity contribution is -0.137. The van der Waals surface area contributed by atoms with E-state index in [0.717, 1.165) is 29.8 Å². The second kappa shape index (κ2) is 7.84. The Morgan fingerprint density at radius 2 is 2.00 bits per heavy atom. The first-order chi connectivity index (χ1) is 12.4. The van der Waals surface area contributed by atoms with E-state index in [9.17, 15) is 18.0 Å². The van der Waals surface area contributed by atoms with Crippen LogP contribution in [-0.2, 0) is 17.5 Å². The zero-order chi connectivity index (χ0) is 18.6. The summed E-state index contributed by atoms with van der Waals surface area (Å²) in [7, 11) is 0. The van der Waals surface area contributed by atoms with Gasteiger partial charge in [0.25, 0.3) is 0 Å². The van der Waals surface area contributed by atoms with Crippen LogP contribution in [0.1, 0.15) is 37.7 Å². The van der Waals surface area contributed by atoms with E-state index in [2.05, 4.69) is 20.7 Å². The summed E-state index contributed by atoms with van der Waals surface area (Å²) in [5.41, 5.74) is -0.578. The molecule has 1 fully saturated rings. The Kier molecular flexibility index (Phi) is 5.53. The van der Waals surface area contributed by atoms with Crippen molar-refractivity contribution >= 4 is 5.91 Å². The molecule has 0 spiro atoms. The van der Waals surface area contributed by atoms with Gasteiger partial charge in [0, 0.05) is 12.1 Å². The van der Waals surface area contributed by atoms with Crippen molar-refractivity contribution < 1.29 is 18.0 Å². The Balaban J connectivity index is 1.58. The van der Waals surface area contributed by atoms with E-state index < -0.39 is 11.7 Å². The number of tetrazole rings is 1. The fourth-order valence-corrected chi connectivity index (χ4v) is 3.09. The van der Waals surface area contributed by atoms with Gasteiger partial charge in [0.2, 0.25) is 11.7 Å². The number of hydrogen-bond donors (Lipinski definition) is 1. The molecule has 0 radical (unpaired) electrons. The summed E-state index contributed by atoms with van der Waals surface area (Å²) in [6.45, 7) is 0.521. The Labute approximate surface area is 148 Å². The predicted molar refractivity (Wildman–Crippen MR) is 87.8 cm³/mol. The average molecular weight is 367 g/mol. The smallest absolute Gasteiger partial charge is 0.354 e. The standard InChI is InChI=1S/C17H20F3N5O/c18-17(19,20)14-8-4-7-13(9-14)16-22-24-25(23-16)11-15(26)21-10-12-5-2-1-3-6-12/h4,7-9,12H,1-3,5-6,10-11H2,(H,21,26). The molecule has 26 heavy (non-hydrogen) atoms. The average Bonchev–Trinajstić information content (AvgIpc) is 3.09. The van der Waals surface area contributed by atoms with Gasteiger partial charge in [-0.2, -0.15) is 18.0 Å². The quantitative estimate of drug-likeness (QED) is 0.882. The lowest BCUT2D eigenvalue weighted by Gasteiger charge is -2.21. The molecule has 1 aliphatic carbocycles. The molecule has 6 nitrogen and oxygen atoms in total. The molecule has 0 bridgehead atoms. The van der Waals surface area contributed by atoms with Crippen LogP contribution < -0.4 is 5.32 Å². The van der Waals surface area contributed by atoms with Crippen molar-refractivity contribution in [2.45, 2.75) is 44.8 Å². The Hall–Kier alpha value is -2.45. The fourth-order valence-electron chi connectivity index (χ4n) is 3.09. The van der Waals surface area contributed by atoms with Crippen molar-refractivity contribution in [1.29, 1.82) is 0 Å². The molecular weight excluding hydrogens is 347 g/mol. The summed E-state index contributed by atoms with van der Waals surface area (Å²) in [6, 6.07) is 4.70. The van der Waals surface area contributed by atoms with E-state index in [-0.39, 0.29) is 23.8 Å². The van der Waals surface area contributed by atoms with Crippen LogP contribution in [0.25, 0.3) is 11.4 Å². The van der Waals surface area contributed by atoms with Gasteiger partial charge in [-0.1, -0.05) is 31.4 Å². The van der Waals surface area contributed by atoms with Gasteiger partial charge < -0.3 is 5.32 Å². The highest BCUT2D eigenvalue weighted by Crippen LogP contribution is 2.31. The van der Waals surface area contributed by atoms with Crippen molar-refractivity contribution in [2.75, 3.05) is 6.54 Å². The van der Waals surface area contributed by atoms with Crippen LogP contribution >= 0.6 is 0 Å². The van der Waals surface area contributed by atoms with Crippen LogP contribution in [0.3, 0.4) is 0 Å². The molecule has 3 rings (SSSR count). The third-order valence-electron chi connectivity index (χ3n) is 4.50. The lowest BCUT2D eigenvalue weighted by atomic mass is 9.89. The number of carbonyl (C=O) groups is 1. The predicted octanol–water partition coefficient (Wildman–Crippen LogP) is 3.06. The molecule has 0 atom stereocenters. The van der Waals surface area contributed by atoms with Crippen LogP contribution in [0.15, 0.2) is 24.3 Å². The summed E-state index contributed by atoms with van der Waals surface area (Å²) < 4.78 is 38.4. The zero-order valence-electron chi connectivity index (χ0n) is 14.2. The second-order valence-electron chi connectivity index (χ2n) is 6.53. The van der Waals surface area contributed by atoms with Gasteiger partial charge in [-0.05, 0) is 36.1 Å². The minimum atomic E-state index is -4.44. The van der Waals surface area contributed by atoms with Crippen molar-refractivity contribution in [3.8, 4) is 11.4 Å². The largest absolute Gasteiger partial charge is 0.416 e. The lowest BCUT2D eigenvalue weighted by Crippen LogP contribution is -2.33. The number of nitrogens with zero attached hydrogens (tertiary/aromatic N) is 4. The number of benzene rings is 1. The maximum absolute atomic E-state index is 12.8. The first kappa shape index (κ1) is 18.3. The molecule has 0 unspecified atom stereocenters. The molecule has 0 aliphatic heterocycles. The van der Waals surface area contributed by atoms with E-state index in [0.29, 0.717) is 12.5 Å². The second-order valence-corrected chi connectivity index (χ2v) is 6.53. The summed E-state index contributed by atoms with van der Waals surface area (Å²) in [5.74, 6) is 0.330. The van der Waals surface area contributed by atoms with Crippen LogP contribution in [-0.4, -0.2) is 32.7 Å². The van der Waals surface area contributed by atoms with E-state index in [1.165, 1.54) is 31.4 Å². The van der Waals surface area contributed by atoms with Gasteiger partial charge >= 0.3 is 6.18 Å². The highest BCUT2D eigenvalue weighted by atomic mass is 19.4. The SMILES string of the molecule is O=C(Cn1nnc(-c2cccc(C(F)(F)F)c2)n1)NCC1CCCCC1. The third kappa shape index (κ3) is 4.80. The maximum Gasteiger partial charge on any atom is 0.416 e. The molecule has 1 aromatic heterocycles. The molecule has 1 aromatic carbocycles. The Bertz CT molecular complexity index is 753. The van der Waals surface area contributed by atoms with Gasteiger partial charge in [-0.3, -0.25) is 4.79 Å². The topological polar surface area (TPSA) is 72.7 Å². The van der Waals surface area contributed by atoms with Crippen LogP contribution in [0.5, 0.6) is 0 Å². The number of nitrogens with one attached hydrogen (secondary N) is 1. The Morgan fingerprint density at radius 3 is 2.73 bits per heavy atom. The maximum atomic E-state index is 12.8. The molecule has 1 aliphatic rings. The van der Waals surface area contributed by atoms with Gasteiger partial charge in [0.15, 0.2) is 0 Å². The zero-order valence-corrected chi connectivity index (χ0v) is 14.2. The van der Waals surface area contributed by atoms with Gasteiger partial charge in [0.05, 0.1) is 5.56 Å². The molecule has 1 amide bonds. The summed E-state index contributed by atoms with van der Waals surface area (Å²) >= 11 is 0. The number of hydrogen-bond acceptors (Lipinski definition) is 4. The van der Waals surface area contributed by atoms with Crippen molar-refractivity contribution in [3.05, 3.63) is 29.8 Å². The molecule has 1 saturated carbocycles. The minimum Gasteiger partial charge on any atom is -0.354 e. The molecule has 2 aromatic rings. The molecule has 1 heterocycles. The van der Waals surface area contributed by atoms with Crippen LogP contribution in [0, 0.1) is 5.92 Å². The normalized spacial score (nSPS) is 15.8. The highest BCUT2D eigenvalue weighted by molar-refractivity contribution is 5.75. The van der Waals surface area contributed by atoms with Crippen molar-refractivity contribution in [1.82, 2.24) is 25.5 Å². The fraction of sp³-hybridized carbons (Fsp3) is 0.529. The van der Waals surface area contributed by atoms with Crippen LogP contribution in [0.2, 0.25) is 0 Å². The van der Waals surface area contributed by atoms with Gasteiger partial charge in [0.1, 0.15) is 6.54 Å². The summed E-state index contributed by atoms with van der Waals surface area (Å²) in [6.07, 6.45) is 1.47. The first-order valence-corrected chi connectivity index (χ1v) is 8.64. The monoisotopic (exact) mass is 367 g/mol. The van der Waals surface area contributed by atoms with Crippen LogP contribution in [0.4, 0.5) is 13.2 Å². The third-order valence-corrected chi connectivity index (χ3v) is 4.50. The van der Waals surface area contributed by atoms with E-state index >= 15 is 0 Å². The van der Waals surface area contributed by atoms with Crippen molar-refractivity contribution in [3.63, 3.8) is 0 Å². The van der Waals surface area contributed by atoms with E-state index in [4.69, 9.17) is 0 Å². The number of carbonyl (C=O) groups excluding carboxylic acids is 1. The number of alkyl halides is 3. The minimum absolute atomic E-state index is 0.0520. The van der Waals surface area contributed by atoms with E-state index in [1.54, 1.807) is 0 Å². The molecule has 140 valence electrons. The number of halogens is 3. The van der Waals surface area contributed by atoms with E-state index in [1.807, 2.05) is 0 Å². The number of aromatic nitrogens is 4. The Morgan fingerprint density at radius 1 is 1.23 bits per heavy atom. The molecular formula is C17H20F3N5O.